The minimum absolute atomic E-state index is 0.0157. The van der Waals surface area contributed by atoms with Gasteiger partial charge >= 0.3 is 6.18 Å². The Morgan fingerprint density at radius 3 is 2.24 bits per heavy atom. The molecule has 0 spiro atoms. The van der Waals surface area contributed by atoms with Crippen LogP contribution in [0.2, 0.25) is 5.02 Å². The Morgan fingerprint density at radius 1 is 0.857 bits per heavy atom. The smallest absolute Gasteiger partial charge is 0.323 e. The summed E-state index contributed by atoms with van der Waals surface area (Å²) in [5.41, 5.74) is 2.46. The Morgan fingerprint density at radius 2 is 1.55 bits per heavy atom. The third-order valence-corrected chi connectivity index (χ3v) is 7.49. The summed E-state index contributed by atoms with van der Waals surface area (Å²) in [5.74, 6) is -0.451. The average molecular weight is 613 g/mol. The second-order valence-electron chi connectivity index (χ2n) is 8.77. The van der Waals surface area contributed by atoms with Gasteiger partial charge in [-0.3, -0.25) is 10.2 Å². The topological polar surface area (TPSA) is 118 Å². The molecule has 0 aliphatic carbocycles. The molecule has 4 aromatic carbocycles. The number of rotatable bonds is 8. The Balaban J connectivity index is 1.37. The molecule has 5 aromatic rings. The van der Waals surface area contributed by atoms with Gasteiger partial charge < -0.3 is 5.32 Å². The summed E-state index contributed by atoms with van der Waals surface area (Å²) in [7, 11) is -3.96. The van der Waals surface area contributed by atoms with Crippen LogP contribution in [0.4, 0.5) is 24.8 Å². The van der Waals surface area contributed by atoms with Crippen molar-refractivity contribution in [3.8, 4) is 17.1 Å². The lowest BCUT2D eigenvalue weighted by molar-refractivity contribution is -0.137. The van der Waals surface area contributed by atoms with E-state index in [1.54, 1.807) is 42.5 Å². The van der Waals surface area contributed by atoms with Crippen molar-refractivity contribution in [2.24, 2.45) is 0 Å². The van der Waals surface area contributed by atoms with E-state index in [2.05, 4.69) is 20.8 Å². The number of carbonyl (C=O) groups is 1. The van der Waals surface area contributed by atoms with Crippen LogP contribution in [0, 0.1) is 0 Å². The van der Waals surface area contributed by atoms with Crippen molar-refractivity contribution in [2.75, 3.05) is 5.32 Å². The van der Waals surface area contributed by atoms with E-state index in [1.807, 2.05) is 4.83 Å². The van der Waals surface area contributed by atoms with Crippen molar-refractivity contribution >= 4 is 39.2 Å². The number of benzene rings is 4. The van der Waals surface area contributed by atoms with E-state index >= 15 is 0 Å². The first-order valence-corrected chi connectivity index (χ1v) is 14.0. The molecule has 0 aliphatic heterocycles. The number of hydrazine groups is 1. The standard InChI is InChI=1S/C28H20ClF3N6O3S/c29-24-12-5-4-11-23(24)25-34-27(36-38(25)21-8-6-7-19(17-21)28(30,31)32)33-20-15-13-18(14-16-20)26(39)35-37-42(40,41)22-9-2-1-3-10-22/h1-17,37H,(H,33,36)(H,35,39). The van der Waals surface area contributed by atoms with Crippen LogP contribution in [0.5, 0.6) is 0 Å². The molecule has 0 saturated heterocycles. The summed E-state index contributed by atoms with van der Waals surface area (Å²) < 4.78 is 66.1. The van der Waals surface area contributed by atoms with Gasteiger partial charge in [0.1, 0.15) is 0 Å². The van der Waals surface area contributed by atoms with Crippen LogP contribution >= 0.6 is 11.6 Å². The van der Waals surface area contributed by atoms with Crippen LogP contribution in [0.25, 0.3) is 17.1 Å². The fourth-order valence-corrected chi connectivity index (χ4v) is 4.93. The van der Waals surface area contributed by atoms with E-state index in [-0.39, 0.29) is 27.9 Å². The van der Waals surface area contributed by atoms with Crippen LogP contribution in [-0.4, -0.2) is 29.1 Å². The quantitative estimate of drug-likeness (QED) is 0.186. The van der Waals surface area contributed by atoms with Gasteiger partial charge in [-0.1, -0.05) is 48.0 Å². The molecule has 1 amide bonds. The molecule has 214 valence electrons. The molecule has 0 aliphatic rings. The Bertz CT molecular complexity index is 1850. The molecule has 0 saturated carbocycles. The molecule has 0 atom stereocenters. The molecule has 42 heavy (non-hydrogen) atoms. The Hall–Kier alpha value is -4.72. The predicted octanol–water partition coefficient (Wildman–Crippen LogP) is 5.97. The molecule has 0 fully saturated rings. The first kappa shape index (κ1) is 28.8. The summed E-state index contributed by atoms with van der Waals surface area (Å²) >= 11 is 6.37. The van der Waals surface area contributed by atoms with Gasteiger partial charge in [0.15, 0.2) is 5.82 Å². The van der Waals surface area contributed by atoms with Crippen molar-refractivity contribution < 1.29 is 26.4 Å². The lowest BCUT2D eigenvalue weighted by Crippen LogP contribution is -2.41. The molecule has 5 rings (SSSR count). The predicted molar refractivity (Wildman–Crippen MR) is 151 cm³/mol. The average Bonchev–Trinajstić information content (AvgIpc) is 3.40. The maximum atomic E-state index is 13.4. The number of hydrogen-bond donors (Lipinski definition) is 3. The lowest BCUT2D eigenvalue weighted by atomic mass is 10.1. The summed E-state index contributed by atoms with van der Waals surface area (Å²) in [6, 6.07) is 24.8. The number of aromatic nitrogens is 3. The fraction of sp³-hybridized carbons (Fsp3) is 0.0357. The minimum atomic E-state index is -4.56. The molecule has 0 bridgehead atoms. The number of nitrogens with zero attached hydrogens (tertiary/aromatic N) is 3. The van der Waals surface area contributed by atoms with E-state index < -0.39 is 27.7 Å². The molecule has 0 radical (unpaired) electrons. The number of hydrogen-bond acceptors (Lipinski definition) is 6. The van der Waals surface area contributed by atoms with Gasteiger partial charge in [-0.15, -0.1) is 9.93 Å². The monoisotopic (exact) mass is 612 g/mol. The number of amides is 1. The summed E-state index contributed by atoms with van der Waals surface area (Å²) in [4.78, 5) is 19.0. The maximum Gasteiger partial charge on any atom is 0.416 e. The first-order chi connectivity index (χ1) is 20.0. The maximum absolute atomic E-state index is 13.4. The lowest BCUT2D eigenvalue weighted by Gasteiger charge is -2.10. The summed E-state index contributed by atoms with van der Waals surface area (Å²) in [6.45, 7) is 0. The van der Waals surface area contributed by atoms with E-state index in [4.69, 9.17) is 11.6 Å². The highest BCUT2D eigenvalue weighted by Crippen LogP contribution is 2.33. The summed E-state index contributed by atoms with van der Waals surface area (Å²) in [6.07, 6.45) is -4.56. The molecule has 0 unspecified atom stereocenters. The van der Waals surface area contributed by atoms with Crippen LogP contribution in [0.3, 0.4) is 0 Å². The van der Waals surface area contributed by atoms with Gasteiger partial charge in [0.05, 0.1) is 21.2 Å². The number of anilines is 2. The second kappa shape index (κ2) is 11.6. The Kier molecular flexibility index (Phi) is 7.98. The minimum Gasteiger partial charge on any atom is -0.323 e. The highest BCUT2D eigenvalue weighted by atomic mass is 35.5. The van der Waals surface area contributed by atoms with Gasteiger partial charge in [0, 0.05) is 16.8 Å². The van der Waals surface area contributed by atoms with Crippen LogP contribution in [0.15, 0.2) is 108 Å². The molecule has 9 nitrogen and oxygen atoms in total. The molecule has 1 aromatic heterocycles. The van der Waals surface area contributed by atoms with Crippen molar-refractivity contribution in [1.82, 2.24) is 25.0 Å². The molecular formula is C28H20ClF3N6O3S. The largest absolute Gasteiger partial charge is 0.416 e. The van der Waals surface area contributed by atoms with E-state index in [9.17, 15) is 26.4 Å². The van der Waals surface area contributed by atoms with Gasteiger partial charge in [0.2, 0.25) is 5.95 Å². The van der Waals surface area contributed by atoms with Gasteiger partial charge in [0.25, 0.3) is 15.9 Å². The fourth-order valence-electron chi connectivity index (χ4n) is 3.85. The van der Waals surface area contributed by atoms with Crippen molar-refractivity contribution in [1.29, 1.82) is 0 Å². The van der Waals surface area contributed by atoms with Gasteiger partial charge in [-0.05, 0) is 66.7 Å². The normalized spacial score (nSPS) is 11.7. The van der Waals surface area contributed by atoms with Crippen molar-refractivity contribution in [3.05, 3.63) is 119 Å². The van der Waals surface area contributed by atoms with Crippen LogP contribution in [-0.2, 0) is 16.2 Å². The molecule has 3 N–H and O–H groups in total. The highest BCUT2D eigenvalue weighted by molar-refractivity contribution is 7.89. The second-order valence-corrected chi connectivity index (χ2v) is 10.9. The van der Waals surface area contributed by atoms with Crippen LogP contribution < -0.4 is 15.6 Å². The SMILES string of the molecule is O=C(NNS(=O)(=O)c1ccccc1)c1ccc(Nc2nc(-c3ccccc3Cl)n(-c3cccc(C(F)(F)F)c3)n2)cc1. The zero-order valence-corrected chi connectivity index (χ0v) is 22.9. The van der Waals surface area contributed by atoms with Gasteiger partial charge in [-0.2, -0.15) is 18.2 Å². The van der Waals surface area contributed by atoms with Gasteiger partial charge in [-0.25, -0.2) is 13.1 Å². The van der Waals surface area contributed by atoms with Crippen molar-refractivity contribution in [2.45, 2.75) is 11.1 Å². The van der Waals surface area contributed by atoms with E-state index in [0.29, 0.717) is 16.3 Å². The zero-order chi connectivity index (χ0) is 29.9. The number of carbonyl (C=O) groups excluding carboxylic acids is 1. The third-order valence-electron chi connectivity index (χ3n) is 5.90. The van der Waals surface area contributed by atoms with Crippen LogP contribution in [0.1, 0.15) is 15.9 Å². The highest BCUT2D eigenvalue weighted by Gasteiger charge is 2.31. The van der Waals surface area contributed by atoms with E-state index in [0.717, 1.165) is 12.1 Å². The van der Waals surface area contributed by atoms with E-state index in [1.165, 1.54) is 53.2 Å². The molecule has 14 heteroatoms. The third kappa shape index (κ3) is 6.43. The number of nitrogens with one attached hydrogen (secondary N) is 3. The first-order valence-electron chi connectivity index (χ1n) is 12.2. The Labute approximate surface area is 243 Å². The number of alkyl halides is 3. The number of halogens is 4. The number of sulfonamides is 1. The summed E-state index contributed by atoms with van der Waals surface area (Å²) in [5, 5.41) is 7.65. The van der Waals surface area contributed by atoms with Crippen molar-refractivity contribution in [3.63, 3.8) is 0 Å². The molecule has 1 heterocycles. The zero-order valence-electron chi connectivity index (χ0n) is 21.3. The molecular weight excluding hydrogens is 593 g/mol.